The Labute approximate surface area is 203 Å². The van der Waals surface area contributed by atoms with Crippen LogP contribution in [0.3, 0.4) is 0 Å². The minimum atomic E-state index is -0.492. The maximum atomic E-state index is 13.2. The first-order valence-corrected chi connectivity index (χ1v) is 12.3. The lowest BCUT2D eigenvalue weighted by molar-refractivity contribution is -0.118. The second-order valence-electron chi connectivity index (χ2n) is 7.89. The Morgan fingerprint density at radius 3 is 2.73 bits per heavy atom. The first kappa shape index (κ1) is 23.1. The third-order valence-electron chi connectivity index (χ3n) is 5.12. The largest absolute Gasteiger partial charge is 0.301 e. The van der Waals surface area contributed by atoms with E-state index in [9.17, 15) is 14.9 Å². The summed E-state index contributed by atoms with van der Waals surface area (Å²) >= 11 is 8.90. The molecule has 0 saturated carbocycles. The molecule has 0 aliphatic carbocycles. The van der Waals surface area contributed by atoms with Crippen molar-refractivity contribution in [3.05, 3.63) is 74.7 Å². The summed E-state index contributed by atoms with van der Waals surface area (Å²) in [6.07, 6.45) is 0.255. The number of nitriles is 1. The number of ketones is 1. The molecule has 0 bridgehead atoms. The molecule has 1 atom stereocenters. The average molecular weight is 495 g/mol. The fourth-order valence-corrected chi connectivity index (χ4v) is 5.37. The van der Waals surface area contributed by atoms with Crippen molar-refractivity contribution in [1.82, 2.24) is 9.97 Å². The zero-order valence-corrected chi connectivity index (χ0v) is 20.2. The Bertz CT molecular complexity index is 1370. The predicted molar refractivity (Wildman–Crippen MR) is 132 cm³/mol. The number of hydrogen-bond donors (Lipinski definition) is 1. The number of fused-ring (bicyclic) bond motifs is 1. The van der Waals surface area contributed by atoms with Crippen LogP contribution in [0.4, 0.5) is 5.13 Å². The molecule has 0 saturated heterocycles. The summed E-state index contributed by atoms with van der Waals surface area (Å²) in [6, 6.07) is 12.7. The summed E-state index contributed by atoms with van der Waals surface area (Å²) in [5, 5.41) is 14.8. The number of carbonyl (C=O) groups is 2. The van der Waals surface area contributed by atoms with Crippen LogP contribution in [-0.2, 0) is 11.2 Å². The van der Waals surface area contributed by atoms with E-state index >= 15 is 0 Å². The Balaban J connectivity index is 1.55. The van der Waals surface area contributed by atoms with E-state index in [4.69, 9.17) is 11.6 Å². The molecule has 0 fully saturated rings. The molecule has 6 nitrogen and oxygen atoms in total. The minimum Gasteiger partial charge on any atom is -0.301 e. The lowest BCUT2D eigenvalue weighted by atomic mass is 9.87. The maximum absolute atomic E-state index is 13.2. The molecule has 2 aromatic heterocycles. The van der Waals surface area contributed by atoms with Crippen LogP contribution in [0.1, 0.15) is 46.9 Å². The van der Waals surface area contributed by atoms with Crippen LogP contribution in [0.2, 0.25) is 5.02 Å². The van der Waals surface area contributed by atoms with Gasteiger partial charge in [-0.25, -0.2) is 9.97 Å². The maximum Gasteiger partial charge on any atom is 0.233 e. The van der Waals surface area contributed by atoms with Crippen LogP contribution in [0, 0.1) is 17.2 Å². The van der Waals surface area contributed by atoms with E-state index in [-0.39, 0.29) is 24.0 Å². The second kappa shape index (κ2) is 9.79. The molecule has 33 heavy (non-hydrogen) atoms. The smallest absolute Gasteiger partial charge is 0.233 e. The number of Topliss-reactive ketones (excluding diaryl/α,β-unsaturated/α-hetero) is 1. The van der Waals surface area contributed by atoms with Crippen molar-refractivity contribution in [2.75, 3.05) is 5.32 Å². The van der Waals surface area contributed by atoms with E-state index in [0.29, 0.717) is 27.0 Å². The molecule has 0 aliphatic rings. The van der Waals surface area contributed by atoms with E-state index in [1.54, 1.807) is 29.1 Å². The zero-order chi connectivity index (χ0) is 23.5. The molecule has 166 valence electrons. The van der Waals surface area contributed by atoms with Crippen molar-refractivity contribution < 1.29 is 9.59 Å². The molecule has 9 heteroatoms. The first-order valence-electron chi connectivity index (χ1n) is 10.2. The molecule has 4 rings (SSSR count). The van der Waals surface area contributed by atoms with Gasteiger partial charge in [0.25, 0.3) is 0 Å². The summed E-state index contributed by atoms with van der Waals surface area (Å²) in [7, 11) is 0. The highest BCUT2D eigenvalue weighted by atomic mass is 35.5. The van der Waals surface area contributed by atoms with Gasteiger partial charge in [-0.1, -0.05) is 42.9 Å². The Morgan fingerprint density at radius 2 is 2.03 bits per heavy atom. The molecule has 0 aliphatic heterocycles. The Kier molecular flexibility index (Phi) is 6.84. The minimum absolute atomic E-state index is 0.0206. The van der Waals surface area contributed by atoms with Gasteiger partial charge in [-0.3, -0.25) is 9.59 Å². The molecule has 1 unspecified atom stereocenters. The molecule has 4 aromatic rings. The highest BCUT2D eigenvalue weighted by Crippen LogP contribution is 2.32. The lowest BCUT2D eigenvalue weighted by Gasteiger charge is -2.20. The van der Waals surface area contributed by atoms with E-state index < -0.39 is 5.92 Å². The van der Waals surface area contributed by atoms with Gasteiger partial charge in [0.05, 0.1) is 33.3 Å². The van der Waals surface area contributed by atoms with Gasteiger partial charge in [0.15, 0.2) is 10.9 Å². The third-order valence-corrected chi connectivity index (χ3v) is 6.86. The number of nitrogens with zero attached hydrogens (tertiary/aromatic N) is 3. The summed E-state index contributed by atoms with van der Waals surface area (Å²) in [5.41, 5.74) is 4.83. The topological polar surface area (TPSA) is 95.7 Å². The van der Waals surface area contributed by atoms with Gasteiger partial charge in [-0.2, -0.15) is 5.26 Å². The summed E-state index contributed by atoms with van der Waals surface area (Å²) in [4.78, 5) is 34.1. The number of anilines is 1. The molecular weight excluding hydrogens is 476 g/mol. The van der Waals surface area contributed by atoms with Gasteiger partial charge in [0.2, 0.25) is 5.91 Å². The summed E-state index contributed by atoms with van der Waals surface area (Å²) < 4.78 is 0.879. The van der Waals surface area contributed by atoms with Crippen LogP contribution >= 0.6 is 34.3 Å². The van der Waals surface area contributed by atoms with E-state index in [1.807, 2.05) is 32.0 Å². The number of carbonyl (C=O) groups excluding carboxylic acids is 2. The highest BCUT2D eigenvalue weighted by Gasteiger charge is 2.26. The number of halogens is 1. The number of thiazole rings is 2. The number of nitrogens with one attached hydrogen (secondary N) is 1. The van der Waals surface area contributed by atoms with Crippen molar-refractivity contribution in [3.63, 3.8) is 0 Å². The van der Waals surface area contributed by atoms with Crippen molar-refractivity contribution in [2.45, 2.75) is 26.2 Å². The lowest BCUT2D eigenvalue weighted by Crippen LogP contribution is -2.25. The number of aromatic nitrogens is 2. The summed E-state index contributed by atoms with van der Waals surface area (Å²) in [5.74, 6) is -0.761. The van der Waals surface area contributed by atoms with Crippen molar-refractivity contribution in [1.29, 1.82) is 5.26 Å². The van der Waals surface area contributed by atoms with E-state index in [0.717, 1.165) is 15.8 Å². The van der Waals surface area contributed by atoms with Crippen LogP contribution in [0.25, 0.3) is 10.2 Å². The second-order valence-corrected chi connectivity index (χ2v) is 10.1. The fraction of sp³-hybridized carbons (Fsp3) is 0.208. The SMILES string of the molecule is CC(C)C(C(=O)Nc1nc2ccc(CC(=O)c3cscn3)cc2s1)c1cc(Cl)cc(C#N)c1. The van der Waals surface area contributed by atoms with E-state index in [1.165, 1.54) is 22.7 Å². The predicted octanol–water partition coefficient (Wildman–Crippen LogP) is 6.08. The van der Waals surface area contributed by atoms with Gasteiger partial charge >= 0.3 is 0 Å². The molecule has 2 heterocycles. The highest BCUT2D eigenvalue weighted by molar-refractivity contribution is 7.22. The quantitative estimate of drug-likeness (QED) is 0.314. The number of benzene rings is 2. The molecular formula is C24H19ClN4O2S2. The van der Waals surface area contributed by atoms with Crippen LogP contribution in [-0.4, -0.2) is 21.7 Å². The Hall–Kier alpha value is -3.12. The monoisotopic (exact) mass is 494 g/mol. The number of rotatable bonds is 7. The fourth-order valence-electron chi connectivity index (χ4n) is 3.64. The first-order chi connectivity index (χ1) is 15.8. The van der Waals surface area contributed by atoms with Gasteiger partial charge < -0.3 is 5.32 Å². The standard InChI is InChI=1S/C24H19ClN4O2S2/c1-13(2)22(16-5-15(10-26)6-17(25)9-16)23(31)29-24-28-18-4-3-14(8-21(18)33-24)7-20(30)19-11-32-12-27-19/h3-6,8-9,11-13,22H,7H2,1-2H3,(H,28,29,31). The van der Waals surface area contributed by atoms with Crippen molar-refractivity contribution in [2.24, 2.45) is 5.92 Å². The zero-order valence-electron chi connectivity index (χ0n) is 17.8. The average Bonchev–Trinajstić information content (AvgIpc) is 3.42. The summed E-state index contributed by atoms with van der Waals surface area (Å²) in [6.45, 7) is 3.89. The van der Waals surface area contributed by atoms with Gasteiger partial charge in [-0.15, -0.1) is 11.3 Å². The van der Waals surface area contributed by atoms with Crippen molar-refractivity contribution in [3.8, 4) is 6.07 Å². The molecule has 1 amide bonds. The Morgan fingerprint density at radius 1 is 1.21 bits per heavy atom. The van der Waals surface area contributed by atoms with Crippen LogP contribution in [0.15, 0.2) is 47.3 Å². The molecule has 2 aromatic carbocycles. The van der Waals surface area contributed by atoms with Gasteiger partial charge in [0.1, 0.15) is 5.69 Å². The molecule has 1 N–H and O–H groups in total. The van der Waals surface area contributed by atoms with Crippen molar-refractivity contribution >= 4 is 61.3 Å². The normalized spacial score (nSPS) is 12.0. The van der Waals surface area contributed by atoms with E-state index in [2.05, 4.69) is 21.4 Å². The number of amides is 1. The third kappa shape index (κ3) is 5.28. The van der Waals surface area contributed by atoms with Gasteiger partial charge in [0, 0.05) is 16.8 Å². The van der Waals surface area contributed by atoms with Gasteiger partial charge in [-0.05, 0) is 47.4 Å². The van der Waals surface area contributed by atoms with Crippen LogP contribution < -0.4 is 5.32 Å². The number of hydrogen-bond acceptors (Lipinski definition) is 7. The molecule has 0 spiro atoms. The van der Waals surface area contributed by atoms with Crippen LogP contribution in [0.5, 0.6) is 0 Å². The molecule has 0 radical (unpaired) electrons.